The Morgan fingerprint density at radius 1 is 0.731 bits per heavy atom. The van der Waals surface area contributed by atoms with E-state index in [1.807, 2.05) is 42.5 Å². The van der Waals surface area contributed by atoms with E-state index in [1.165, 1.54) is 4.90 Å². The van der Waals surface area contributed by atoms with Crippen LogP contribution in [0, 0.1) is 0 Å². The van der Waals surface area contributed by atoms with Crippen molar-refractivity contribution in [2.24, 2.45) is 0 Å². The first-order chi connectivity index (χ1) is 12.6. The predicted octanol–water partition coefficient (Wildman–Crippen LogP) is 3.77. The lowest BCUT2D eigenvalue weighted by Gasteiger charge is -2.15. The SMILES string of the molecule is O=C(CN1C(=O)C(=O)c2ccccc21)c1ccc(-c2ccccc2)cc1. The average molecular weight is 341 g/mol. The molecule has 0 fully saturated rings. The molecule has 1 aliphatic heterocycles. The maximum atomic E-state index is 12.6. The first-order valence-corrected chi connectivity index (χ1v) is 8.29. The third-order valence-corrected chi connectivity index (χ3v) is 4.49. The standard InChI is InChI=1S/C22H15NO3/c24-20(14-23-19-9-5-4-8-18(19)21(25)22(23)26)17-12-10-16(11-13-17)15-6-2-1-3-7-15/h1-13H,14H2. The predicted molar refractivity (Wildman–Crippen MR) is 99.3 cm³/mol. The zero-order valence-electron chi connectivity index (χ0n) is 13.9. The average Bonchev–Trinajstić information content (AvgIpc) is 2.94. The molecule has 1 amide bonds. The molecule has 3 aromatic carbocycles. The maximum absolute atomic E-state index is 12.6. The van der Waals surface area contributed by atoms with Crippen molar-refractivity contribution < 1.29 is 14.4 Å². The molecule has 0 N–H and O–H groups in total. The van der Waals surface area contributed by atoms with Gasteiger partial charge in [0.1, 0.15) is 0 Å². The van der Waals surface area contributed by atoms with Crippen LogP contribution in [0.3, 0.4) is 0 Å². The van der Waals surface area contributed by atoms with Crippen LogP contribution < -0.4 is 4.90 Å². The van der Waals surface area contributed by atoms with Gasteiger partial charge in [-0.2, -0.15) is 0 Å². The molecule has 26 heavy (non-hydrogen) atoms. The number of para-hydroxylation sites is 1. The van der Waals surface area contributed by atoms with Crippen LogP contribution in [-0.4, -0.2) is 24.0 Å². The molecule has 0 unspecified atom stereocenters. The molecule has 126 valence electrons. The molecule has 1 heterocycles. The zero-order chi connectivity index (χ0) is 18.1. The van der Waals surface area contributed by atoms with E-state index < -0.39 is 11.7 Å². The number of ketones is 2. The van der Waals surface area contributed by atoms with Crippen LogP contribution in [0.4, 0.5) is 5.69 Å². The number of fused-ring (bicyclic) bond motifs is 1. The van der Waals surface area contributed by atoms with E-state index in [9.17, 15) is 14.4 Å². The third-order valence-electron chi connectivity index (χ3n) is 4.49. The summed E-state index contributed by atoms with van der Waals surface area (Å²) in [5, 5.41) is 0. The Balaban J connectivity index is 1.56. The van der Waals surface area contributed by atoms with Crippen molar-refractivity contribution in [3.63, 3.8) is 0 Å². The van der Waals surface area contributed by atoms with Gasteiger partial charge in [-0.15, -0.1) is 0 Å². The number of anilines is 1. The number of rotatable bonds is 4. The number of benzene rings is 3. The summed E-state index contributed by atoms with van der Waals surface area (Å²) < 4.78 is 0. The highest BCUT2D eigenvalue weighted by Gasteiger charge is 2.36. The summed E-state index contributed by atoms with van der Waals surface area (Å²) in [6, 6.07) is 23.9. The molecule has 0 spiro atoms. The number of carbonyl (C=O) groups is 3. The highest BCUT2D eigenvalue weighted by molar-refractivity contribution is 6.52. The summed E-state index contributed by atoms with van der Waals surface area (Å²) in [5.41, 5.74) is 3.44. The van der Waals surface area contributed by atoms with Crippen LogP contribution >= 0.6 is 0 Å². The normalized spacial score (nSPS) is 13.0. The Bertz CT molecular complexity index is 1010. The first-order valence-electron chi connectivity index (χ1n) is 8.29. The maximum Gasteiger partial charge on any atom is 0.299 e. The molecule has 0 aliphatic carbocycles. The quantitative estimate of drug-likeness (QED) is 0.536. The van der Waals surface area contributed by atoms with E-state index in [0.717, 1.165) is 11.1 Å². The van der Waals surface area contributed by atoms with Crippen LogP contribution in [0.5, 0.6) is 0 Å². The fourth-order valence-corrected chi connectivity index (χ4v) is 3.12. The van der Waals surface area contributed by atoms with Gasteiger partial charge in [0.05, 0.1) is 17.8 Å². The minimum absolute atomic E-state index is 0.147. The summed E-state index contributed by atoms with van der Waals surface area (Å²) >= 11 is 0. The van der Waals surface area contributed by atoms with E-state index in [-0.39, 0.29) is 12.3 Å². The van der Waals surface area contributed by atoms with Gasteiger partial charge >= 0.3 is 0 Å². The number of carbonyl (C=O) groups excluding carboxylic acids is 3. The zero-order valence-corrected chi connectivity index (χ0v) is 13.9. The molecule has 0 saturated heterocycles. The molecule has 3 aromatic rings. The highest BCUT2D eigenvalue weighted by atomic mass is 16.2. The summed E-state index contributed by atoms with van der Waals surface area (Å²) in [4.78, 5) is 38.1. The van der Waals surface area contributed by atoms with Crippen LogP contribution in [0.15, 0.2) is 78.9 Å². The second-order valence-electron chi connectivity index (χ2n) is 6.10. The van der Waals surface area contributed by atoms with Gasteiger partial charge in [0, 0.05) is 5.56 Å². The third kappa shape index (κ3) is 2.71. The first kappa shape index (κ1) is 16.0. The van der Waals surface area contributed by atoms with Gasteiger partial charge in [-0.1, -0.05) is 66.7 Å². The van der Waals surface area contributed by atoms with Crippen molar-refractivity contribution in [3.05, 3.63) is 90.0 Å². The Kier molecular flexibility index (Phi) is 3.93. The number of hydrogen-bond acceptors (Lipinski definition) is 3. The van der Waals surface area contributed by atoms with Gasteiger partial charge in [-0.05, 0) is 23.3 Å². The lowest BCUT2D eigenvalue weighted by Crippen LogP contribution is -2.34. The molecular weight excluding hydrogens is 326 g/mol. The summed E-state index contributed by atoms with van der Waals surface area (Å²) in [6.45, 7) is -0.147. The molecule has 0 aromatic heterocycles. The molecule has 0 bridgehead atoms. The molecule has 1 aliphatic rings. The topological polar surface area (TPSA) is 54.5 Å². The Morgan fingerprint density at radius 2 is 1.35 bits per heavy atom. The molecular formula is C22H15NO3. The number of hydrogen-bond donors (Lipinski definition) is 0. The van der Waals surface area contributed by atoms with Crippen LogP contribution in [0.2, 0.25) is 0 Å². The van der Waals surface area contributed by atoms with E-state index in [1.54, 1.807) is 36.4 Å². The highest BCUT2D eigenvalue weighted by Crippen LogP contribution is 2.28. The molecule has 4 heteroatoms. The van der Waals surface area contributed by atoms with Gasteiger partial charge < -0.3 is 0 Å². The second-order valence-corrected chi connectivity index (χ2v) is 6.10. The van der Waals surface area contributed by atoms with Crippen molar-refractivity contribution in [2.75, 3.05) is 11.4 Å². The monoisotopic (exact) mass is 341 g/mol. The molecule has 0 saturated carbocycles. The van der Waals surface area contributed by atoms with Crippen LogP contribution in [0.25, 0.3) is 11.1 Å². The van der Waals surface area contributed by atoms with E-state index in [0.29, 0.717) is 16.8 Å². The van der Waals surface area contributed by atoms with Crippen LogP contribution in [0.1, 0.15) is 20.7 Å². The number of nitrogens with zero attached hydrogens (tertiary/aromatic N) is 1. The van der Waals surface area contributed by atoms with E-state index >= 15 is 0 Å². The Hall–Kier alpha value is -3.53. The van der Waals surface area contributed by atoms with Crippen molar-refractivity contribution >= 4 is 23.2 Å². The Labute approximate surface area is 150 Å². The Morgan fingerprint density at radius 3 is 2.08 bits per heavy atom. The molecule has 4 nitrogen and oxygen atoms in total. The summed E-state index contributed by atoms with van der Waals surface area (Å²) in [6.07, 6.45) is 0. The largest absolute Gasteiger partial charge is 0.299 e. The van der Waals surface area contributed by atoms with Gasteiger partial charge in [-0.3, -0.25) is 19.3 Å². The van der Waals surface area contributed by atoms with E-state index in [4.69, 9.17) is 0 Å². The summed E-state index contributed by atoms with van der Waals surface area (Å²) in [7, 11) is 0. The van der Waals surface area contributed by atoms with Gasteiger partial charge in [-0.25, -0.2) is 0 Å². The number of amides is 1. The smallest absolute Gasteiger partial charge is 0.297 e. The molecule has 0 radical (unpaired) electrons. The van der Waals surface area contributed by atoms with Gasteiger partial charge in [0.25, 0.3) is 11.7 Å². The fourth-order valence-electron chi connectivity index (χ4n) is 3.12. The minimum atomic E-state index is -0.652. The second kappa shape index (κ2) is 6.41. The lowest BCUT2D eigenvalue weighted by molar-refractivity contribution is -0.114. The lowest BCUT2D eigenvalue weighted by atomic mass is 10.0. The van der Waals surface area contributed by atoms with Crippen molar-refractivity contribution in [2.45, 2.75) is 0 Å². The van der Waals surface area contributed by atoms with Crippen LogP contribution in [-0.2, 0) is 4.79 Å². The molecule has 4 rings (SSSR count). The molecule has 0 atom stereocenters. The van der Waals surface area contributed by atoms with E-state index in [2.05, 4.69) is 0 Å². The van der Waals surface area contributed by atoms with Gasteiger partial charge in [0.2, 0.25) is 0 Å². The fraction of sp³-hybridized carbons (Fsp3) is 0.0455. The van der Waals surface area contributed by atoms with Crippen molar-refractivity contribution in [3.8, 4) is 11.1 Å². The minimum Gasteiger partial charge on any atom is -0.297 e. The van der Waals surface area contributed by atoms with Crippen molar-refractivity contribution in [1.82, 2.24) is 0 Å². The van der Waals surface area contributed by atoms with Crippen molar-refractivity contribution in [1.29, 1.82) is 0 Å². The summed E-state index contributed by atoms with van der Waals surface area (Å²) in [5.74, 6) is -1.42. The number of Topliss-reactive ketones (excluding diaryl/α,β-unsaturated/α-hetero) is 2. The van der Waals surface area contributed by atoms with Gasteiger partial charge in [0.15, 0.2) is 5.78 Å².